The van der Waals surface area contributed by atoms with E-state index in [4.69, 9.17) is 10.8 Å². The van der Waals surface area contributed by atoms with Crippen molar-refractivity contribution in [3.05, 3.63) is 35.4 Å². The van der Waals surface area contributed by atoms with Crippen molar-refractivity contribution in [3.8, 4) is 0 Å². The smallest absolute Gasteiger partial charge is 0.0445 e. The highest BCUT2D eigenvalue weighted by atomic mass is 16.3. The lowest BCUT2D eigenvalue weighted by Crippen LogP contribution is -2.23. The molecule has 0 amide bonds. The van der Waals surface area contributed by atoms with Crippen LogP contribution in [0.25, 0.3) is 0 Å². The van der Waals surface area contributed by atoms with Gasteiger partial charge in [0.15, 0.2) is 0 Å². The first-order valence-electron chi connectivity index (χ1n) is 4.64. The van der Waals surface area contributed by atoms with E-state index in [1.807, 2.05) is 0 Å². The Morgan fingerprint density at radius 3 is 2.46 bits per heavy atom. The van der Waals surface area contributed by atoms with Gasteiger partial charge in [-0.3, -0.25) is 0 Å². The highest BCUT2D eigenvalue weighted by molar-refractivity contribution is 5.21. The van der Waals surface area contributed by atoms with Crippen LogP contribution in [0, 0.1) is 6.92 Å². The molecule has 2 nitrogen and oxygen atoms in total. The molecule has 0 fully saturated rings. The number of nitrogens with two attached hydrogens (primary N) is 1. The first kappa shape index (κ1) is 10.2. The quantitative estimate of drug-likeness (QED) is 0.730. The normalized spacial score (nSPS) is 12.8. The summed E-state index contributed by atoms with van der Waals surface area (Å²) < 4.78 is 0. The van der Waals surface area contributed by atoms with Crippen LogP contribution in [0.2, 0.25) is 0 Å². The van der Waals surface area contributed by atoms with E-state index >= 15 is 0 Å². The summed E-state index contributed by atoms with van der Waals surface area (Å²) in [6, 6.07) is 8.42. The maximum Gasteiger partial charge on any atom is 0.0445 e. The molecule has 0 aliphatic rings. The lowest BCUT2D eigenvalue weighted by Gasteiger charge is -2.09. The van der Waals surface area contributed by atoms with E-state index in [0.29, 0.717) is 6.42 Å². The van der Waals surface area contributed by atoms with Crippen LogP contribution in [-0.2, 0) is 6.42 Å². The van der Waals surface area contributed by atoms with Crippen LogP contribution in [-0.4, -0.2) is 17.8 Å². The van der Waals surface area contributed by atoms with Gasteiger partial charge in [-0.05, 0) is 25.3 Å². The number of aliphatic hydroxyl groups is 1. The first-order chi connectivity index (χ1) is 6.22. The van der Waals surface area contributed by atoms with Gasteiger partial charge in [0, 0.05) is 12.6 Å². The van der Waals surface area contributed by atoms with E-state index in [0.717, 1.165) is 6.42 Å². The van der Waals surface area contributed by atoms with Gasteiger partial charge in [-0.1, -0.05) is 29.8 Å². The van der Waals surface area contributed by atoms with E-state index in [-0.39, 0.29) is 12.6 Å². The molecule has 0 aliphatic carbocycles. The molecular formula is C11H17NO. The molecule has 0 spiro atoms. The minimum absolute atomic E-state index is 0.0766. The molecule has 1 atom stereocenters. The summed E-state index contributed by atoms with van der Waals surface area (Å²) in [5.41, 5.74) is 8.30. The third kappa shape index (κ3) is 3.57. The molecule has 0 saturated carbocycles. The second kappa shape index (κ2) is 5.00. The average molecular weight is 179 g/mol. The van der Waals surface area contributed by atoms with E-state index in [2.05, 4.69) is 31.2 Å². The fourth-order valence-electron chi connectivity index (χ4n) is 1.29. The Balaban J connectivity index is 2.49. The number of benzene rings is 1. The summed E-state index contributed by atoms with van der Waals surface area (Å²) >= 11 is 0. The van der Waals surface area contributed by atoms with Gasteiger partial charge in [-0.25, -0.2) is 0 Å². The number of hydrogen-bond donors (Lipinski definition) is 2. The number of aryl methyl sites for hydroxylation is 1. The molecular weight excluding hydrogens is 162 g/mol. The molecule has 1 aromatic rings. The summed E-state index contributed by atoms with van der Waals surface area (Å²) in [7, 11) is 0. The molecule has 0 saturated heterocycles. The van der Waals surface area contributed by atoms with Gasteiger partial charge in [-0.15, -0.1) is 0 Å². The zero-order valence-corrected chi connectivity index (χ0v) is 8.03. The Hall–Kier alpha value is -0.860. The van der Waals surface area contributed by atoms with Gasteiger partial charge in [0.25, 0.3) is 0 Å². The molecule has 0 radical (unpaired) electrons. The maximum absolute atomic E-state index is 8.68. The van der Waals surface area contributed by atoms with Crippen molar-refractivity contribution < 1.29 is 5.11 Å². The van der Waals surface area contributed by atoms with Gasteiger partial charge in [0.05, 0.1) is 0 Å². The largest absolute Gasteiger partial charge is 0.396 e. The lowest BCUT2D eigenvalue weighted by molar-refractivity contribution is 0.275. The highest BCUT2D eigenvalue weighted by Crippen LogP contribution is 2.06. The Labute approximate surface area is 79.4 Å². The first-order valence-corrected chi connectivity index (χ1v) is 4.64. The molecule has 1 rings (SSSR count). The molecule has 1 unspecified atom stereocenters. The van der Waals surface area contributed by atoms with E-state index < -0.39 is 0 Å². The molecule has 1 aromatic carbocycles. The Morgan fingerprint density at radius 1 is 1.31 bits per heavy atom. The number of aliphatic hydroxyl groups excluding tert-OH is 1. The second-order valence-electron chi connectivity index (χ2n) is 3.46. The van der Waals surface area contributed by atoms with Crippen LogP contribution in [0.5, 0.6) is 0 Å². The predicted molar refractivity (Wildman–Crippen MR) is 54.6 cm³/mol. The van der Waals surface area contributed by atoms with Crippen molar-refractivity contribution in [2.75, 3.05) is 6.61 Å². The van der Waals surface area contributed by atoms with E-state index in [1.54, 1.807) is 0 Å². The zero-order valence-electron chi connectivity index (χ0n) is 8.03. The molecule has 72 valence electrons. The Bertz CT molecular complexity index is 243. The minimum atomic E-state index is 0.0766. The summed E-state index contributed by atoms with van der Waals surface area (Å²) in [6.45, 7) is 2.24. The van der Waals surface area contributed by atoms with Gasteiger partial charge in [-0.2, -0.15) is 0 Å². The van der Waals surface area contributed by atoms with Crippen LogP contribution in [0.15, 0.2) is 24.3 Å². The summed E-state index contributed by atoms with van der Waals surface area (Å²) in [5, 5.41) is 8.68. The van der Waals surface area contributed by atoms with Gasteiger partial charge in [0.1, 0.15) is 0 Å². The molecule has 3 N–H and O–H groups in total. The highest BCUT2D eigenvalue weighted by Gasteiger charge is 2.02. The molecule has 0 bridgehead atoms. The summed E-state index contributed by atoms with van der Waals surface area (Å²) in [4.78, 5) is 0. The second-order valence-corrected chi connectivity index (χ2v) is 3.46. The van der Waals surface area contributed by atoms with E-state index in [9.17, 15) is 0 Å². The van der Waals surface area contributed by atoms with Crippen molar-refractivity contribution >= 4 is 0 Å². The van der Waals surface area contributed by atoms with Crippen molar-refractivity contribution in [1.82, 2.24) is 0 Å². The van der Waals surface area contributed by atoms with Crippen LogP contribution in [0.4, 0.5) is 0 Å². The fraction of sp³-hybridized carbons (Fsp3) is 0.455. The van der Waals surface area contributed by atoms with Crippen LogP contribution >= 0.6 is 0 Å². The van der Waals surface area contributed by atoms with Gasteiger partial charge >= 0.3 is 0 Å². The van der Waals surface area contributed by atoms with Gasteiger partial charge in [0.2, 0.25) is 0 Å². The maximum atomic E-state index is 8.68. The average Bonchev–Trinajstić information content (AvgIpc) is 2.09. The van der Waals surface area contributed by atoms with Crippen LogP contribution in [0.3, 0.4) is 0 Å². The van der Waals surface area contributed by atoms with Crippen molar-refractivity contribution in [2.45, 2.75) is 25.8 Å². The Kier molecular flexibility index (Phi) is 3.93. The molecule has 13 heavy (non-hydrogen) atoms. The molecule has 2 heteroatoms. The summed E-state index contributed by atoms with van der Waals surface area (Å²) in [6.07, 6.45) is 1.52. The van der Waals surface area contributed by atoms with Crippen molar-refractivity contribution in [3.63, 3.8) is 0 Å². The SMILES string of the molecule is Cc1ccc(CC(N)CCO)cc1. The molecule has 0 heterocycles. The Morgan fingerprint density at radius 2 is 1.92 bits per heavy atom. The van der Waals surface area contributed by atoms with Crippen LogP contribution in [0.1, 0.15) is 17.5 Å². The molecule has 0 aliphatic heterocycles. The predicted octanol–water partition coefficient (Wildman–Crippen LogP) is 1.25. The van der Waals surface area contributed by atoms with Crippen LogP contribution < -0.4 is 5.73 Å². The third-order valence-electron chi connectivity index (χ3n) is 2.12. The number of hydrogen-bond acceptors (Lipinski definition) is 2. The zero-order chi connectivity index (χ0) is 9.68. The number of rotatable bonds is 4. The van der Waals surface area contributed by atoms with Crippen molar-refractivity contribution in [2.24, 2.45) is 5.73 Å². The van der Waals surface area contributed by atoms with Gasteiger partial charge < -0.3 is 10.8 Å². The minimum Gasteiger partial charge on any atom is -0.396 e. The molecule has 0 aromatic heterocycles. The monoisotopic (exact) mass is 179 g/mol. The third-order valence-corrected chi connectivity index (χ3v) is 2.12. The van der Waals surface area contributed by atoms with E-state index in [1.165, 1.54) is 11.1 Å². The lowest BCUT2D eigenvalue weighted by atomic mass is 10.0. The fourth-order valence-corrected chi connectivity index (χ4v) is 1.29. The standard InChI is InChI=1S/C11H17NO/c1-9-2-4-10(5-3-9)8-11(12)6-7-13/h2-5,11,13H,6-8,12H2,1H3. The topological polar surface area (TPSA) is 46.2 Å². The summed E-state index contributed by atoms with van der Waals surface area (Å²) in [5.74, 6) is 0. The van der Waals surface area contributed by atoms with Crippen molar-refractivity contribution in [1.29, 1.82) is 0 Å².